The molecule has 2 aromatic carbocycles. The van der Waals surface area contributed by atoms with Gasteiger partial charge in [-0.15, -0.1) is 5.10 Å². The number of hydrogen-bond donors (Lipinski definition) is 1. The molecule has 7 heteroatoms. The molecule has 4 aromatic rings. The van der Waals surface area contributed by atoms with Crippen LogP contribution in [0.3, 0.4) is 0 Å². The molecule has 2 heterocycles. The Morgan fingerprint density at radius 2 is 2.00 bits per heavy atom. The number of para-hydroxylation sites is 1. The van der Waals surface area contributed by atoms with E-state index in [2.05, 4.69) is 31.0 Å². The number of nitrogens with zero attached hydrogens (tertiary/aromatic N) is 3. The first kappa shape index (κ1) is 13.5. The van der Waals surface area contributed by atoms with Gasteiger partial charge in [0.1, 0.15) is 0 Å². The smallest absolute Gasteiger partial charge is 0.305 e. The van der Waals surface area contributed by atoms with Crippen molar-refractivity contribution in [3.8, 4) is 11.4 Å². The van der Waals surface area contributed by atoms with Crippen LogP contribution in [-0.2, 0) is 0 Å². The number of benzene rings is 2. The first-order valence-corrected chi connectivity index (χ1v) is 7.64. The summed E-state index contributed by atoms with van der Waals surface area (Å²) in [7, 11) is 0. The molecule has 2 aromatic heterocycles. The lowest BCUT2D eigenvalue weighted by Gasteiger charge is -1.99. The Hall–Kier alpha value is -2.18. The number of rotatable bonds is 1. The number of fused-ring (bicyclic) bond motifs is 3. The summed E-state index contributed by atoms with van der Waals surface area (Å²) >= 11 is 9.61. The fraction of sp³-hybridized carbons (Fsp3) is 0. The molecule has 0 aliphatic rings. The summed E-state index contributed by atoms with van der Waals surface area (Å²) < 4.78 is 2.13. The summed E-state index contributed by atoms with van der Waals surface area (Å²) in [6.07, 6.45) is 0. The predicted molar refractivity (Wildman–Crippen MR) is 89.3 cm³/mol. The Kier molecular flexibility index (Phi) is 3.02. The van der Waals surface area contributed by atoms with E-state index in [-0.39, 0.29) is 5.69 Å². The van der Waals surface area contributed by atoms with Crippen LogP contribution >= 0.6 is 27.5 Å². The van der Waals surface area contributed by atoms with Crippen molar-refractivity contribution in [2.24, 2.45) is 0 Å². The fourth-order valence-electron chi connectivity index (χ4n) is 2.37. The van der Waals surface area contributed by atoms with E-state index >= 15 is 0 Å². The number of H-pyrrole nitrogens is 1. The Bertz CT molecular complexity index is 1090. The summed E-state index contributed by atoms with van der Waals surface area (Å²) in [4.78, 5) is 19.4. The maximum atomic E-state index is 12.1. The summed E-state index contributed by atoms with van der Waals surface area (Å²) in [6, 6.07) is 12.9. The van der Waals surface area contributed by atoms with Gasteiger partial charge in [-0.2, -0.15) is 4.52 Å². The number of aromatic amines is 1. The molecule has 0 unspecified atom stereocenters. The lowest BCUT2D eigenvalue weighted by molar-refractivity contribution is 0.885. The van der Waals surface area contributed by atoms with Crippen molar-refractivity contribution < 1.29 is 0 Å². The van der Waals surface area contributed by atoms with Gasteiger partial charge in [-0.1, -0.05) is 39.7 Å². The van der Waals surface area contributed by atoms with E-state index in [1.54, 1.807) is 6.07 Å². The molecule has 108 valence electrons. The summed E-state index contributed by atoms with van der Waals surface area (Å²) in [5.41, 5.74) is 1.58. The molecule has 1 N–H and O–H groups in total. The average molecular weight is 376 g/mol. The molecule has 0 amide bonds. The van der Waals surface area contributed by atoms with Crippen LogP contribution in [0.15, 0.2) is 51.7 Å². The van der Waals surface area contributed by atoms with E-state index in [1.165, 1.54) is 4.52 Å². The molecule has 0 spiro atoms. The third-order valence-electron chi connectivity index (χ3n) is 3.38. The number of halogens is 2. The maximum Gasteiger partial charge on any atom is 0.348 e. The largest absolute Gasteiger partial charge is 0.348 e. The molecular weight excluding hydrogens is 368 g/mol. The van der Waals surface area contributed by atoms with Gasteiger partial charge in [-0.05, 0) is 30.3 Å². The maximum absolute atomic E-state index is 12.1. The molecule has 0 radical (unpaired) electrons. The van der Waals surface area contributed by atoms with Gasteiger partial charge in [0.25, 0.3) is 0 Å². The van der Waals surface area contributed by atoms with Gasteiger partial charge >= 0.3 is 5.69 Å². The van der Waals surface area contributed by atoms with Crippen LogP contribution < -0.4 is 5.69 Å². The Balaban J connectivity index is 2.07. The lowest BCUT2D eigenvalue weighted by atomic mass is 10.2. The van der Waals surface area contributed by atoms with E-state index in [1.807, 2.05) is 36.4 Å². The highest BCUT2D eigenvalue weighted by Crippen LogP contribution is 2.29. The van der Waals surface area contributed by atoms with E-state index in [0.29, 0.717) is 22.1 Å². The van der Waals surface area contributed by atoms with E-state index < -0.39 is 0 Å². The van der Waals surface area contributed by atoms with Gasteiger partial charge in [-0.25, -0.2) is 9.78 Å². The molecule has 0 saturated heterocycles. The van der Waals surface area contributed by atoms with Gasteiger partial charge in [0.2, 0.25) is 0 Å². The van der Waals surface area contributed by atoms with E-state index in [9.17, 15) is 4.79 Å². The zero-order chi connectivity index (χ0) is 15.3. The highest BCUT2D eigenvalue weighted by molar-refractivity contribution is 9.10. The second-order valence-corrected chi connectivity index (χ2v) is 6.09. The minimum atomic E-state index is -0.333. The topological polar surface area (TPSA) is 63.0 Å². The molecule has 5 nitrogen and oxygen atoms in total. The zero-order valence-corrected chi connectivity index (χ0v) is 13.4. The van der Waals surface area contributed by atoms with Crippen molar-refractivity contribution in [1.29, 1.82) is 0 Å². The predicted octanol–water partition coefficient (Wildman–Crippen LogP) is 3.65. The van der Waals surface area contributed by atoms with Crippen molar-refractivity contribution in [3.63, 3.8) is 0 Å². The lowest BCUT2D eigenvalue weighted by Crippen LogP contribution is -2.17. The third kappa shape index (κ3) is 2.03. The van der Waals surface area contributed by atoms with Crippen LogP contribution in [-0.4, -0.2) is 19.6 Å². The Labute approximate surface area is 137 Å². The SMILES string of the molecule is O=c1[nH]c2ccccc2c2nc(-c3ccc(Br)cc3Cl)nn12. The van der Waals surface area contributed by atoms with Crippen LogP contribution in [0.25, 0.3) is 27.9 Å². The molecular formula is C15H8BrClN4O. The van der Waals surface area contributed by atoms with Crippen molar-refractivity contribution in [3.05, 3.63) is 62.4 Å². The molecule has 22 heavy (non-hydrogen) atoms. The monoisotopic (exact) mass is 374 g/mol. The van der Waals surface area contributed by atoms with Gasteiger partial charge in [0, 0.05) is 15.4 Å². The average Bonchev–Trinajstić information content (AvgIpc) is 2.93. The molecule has 4 rings (SSSR count). The second-order valence-electron chi connectivity index (χ2n) is 4.77. The fourth-order valence-corrected chi connectivity index (χ4v) is 3.13. The normalized spacial score (nSPS) is 11.4. The minimum absolute atomic E-state index is 0.333. The highest BCUT2D eigenvalue weighted by Gasteiger charge is 2.14. The first-order chi connectivity index (χ1) is 10.6. The standard InChI is InChI=1S/C15H8BrClN4O/c16-8-5-6-9(11(17)7-8)13-19-14-10-3-1-2-4-12(10)18-15(22)21(14)20-13/h1-7H,(H,18,22). The first-order valence-electron chi connectivity index (χ1n) is 6.47. The van der Waals surface area contributed by atoms with Crippen LogP contribution in [0.1, 0.15) is 0 Å². The van der Waals surface area contributed by atoms with Gasteiger partial charge in [0.15, 0.2) is 11.5 Å². The molecule has 0 saturated carbocycles. The third-order valence-corrected chi connectivity index (χ3v) is 4.19. The van der Waals surface area contributed by atoms with Crippen LogP contribution in [0.5, 0.6) is 0 Å². The number of aromatic nitrogens is 4. The summed E-state index contributed by atoms with van der Waals surface area (Å²) in [5, 5.41) is 5.63. The Morgan fingerprint density at radius 3 is 2.82 bits per heavy atom. The summed E-state index contributed by atoms with van der Waals surface area (Å²) in [6.45, 7) is 0. The van der Waals surface area contributed by atoms with Crippen molar-refractivity contribution in [1.82, 2.24) is 19.6 Å². The van der Waals surface area contributed by atoms with Crippen molar-refractivity contribution in [2.75, 3.05) is 0 Å². The number of hydrogen-bond acceptors (Lipinski definition) is 3. The Morgan fingerprint density at radius 1 is 1.18 bits per heavy atom. The molecule has 0 aliphatic heterocycles. The van der Waals surface area contributed by atoms with Crippen LogP contribution in [0.4, 0.5) is 0 Å². The van der Waals surface area contributed by atoms with Gasteiger partial charge in [-0.3, -0.25) is 0 Å². The van der Waals surface area contributed by atoms with Gasteiger partial charge in [0.05, 0.1) is 10.5 Å². The van der Waals surface area contributed by atoms with E-state index in [4.69, 9.17) is 11.6 Å². The van der Waals surface area contributed by atoms with Crippen molar-refractivity contribution in [2.45, 2.75) is 0 Å². The summed E-state index contributed by atoms with van der Waals surface area (Å²) in [5.74, 6) is 0.416. The van der Waals surface area contributed by atoms with Crippen LogP contribution in [0, 0.1) is 0 Å². The van der Waals surface area contributed by atoms with Crippen molar-refractivity contribution >= 4 is 44.1 Å². The van der Waals surface area contributed by atoms with Crippen LogP contribution in [0.2, 0.25) is 5.02 Å². The second kappa shape index (κ2) is 4.93. The van der Waals surface area contributed by atoms with E-state index in [0.717, 1.165) is 15.4 Å². The molecule has 0 aliphatic carbocycles. The van der Waals surface area contributed by atoms with Gasteiger partial charge < -0.3 is 4.98 Å². The molecule has 0 bridgehead atoms. The number of nitrogens with one attached hydrogen (secondary N) is 1. The molecule has 0 atom stereocenters. The minimum Gasteiger partial charge on any atom is -0.305 e. The zero-order valence-electron chi connectivity index (χ0n) is 11.0. The molecule has 0 fully saturated rings. The quantitative estimate of drug-likeness (QED) is 0.552. The highest BCUT2D eigenvalue weighted by atomic mass is 79.9.